The number of unbranched alkanes of at least 4 members (excludes halogenated alkanes) is 13. The number of carbonyl (C=O) groups excluding carboxylic acids is 1. The second kappa shape index (κ2) is 17.3. The van der Waals surface area contributed by atoms with E-state index in [0.29, 0.717) is 5.78 Å². The predicted molar refractivity (Wildman–Crippen MR) is 124 cm³/mol. The van der Waals surface area contributed by atoms with Crippen molar-refractivity contribution in [1.82, 2.24) is 0 Å². The Morgan fingerprint density at radius 2 is 1.15 bits per heavy atom. The molecular weight excluding hydrogens is 348 g/mol. The third kappa shape index (κ3) is 14.0. The Kier molecular flexibility index (Phi) is 15.6. The molecule has 0 aromatic heterocycles. The first-order valence-corrected chi connectivity index (χ1v) is 13.4. The quantitative estimate of drug-likeness (QED) is 0.143. The molecule has 1 aromatic rings. The maximum Gasteiger partial charge on any atom is 0.211 e. The van der Waals surface area contributed by atoms with E-state index in [-0.39, 0.29) is 10.9 Å². The van der Waals surface area contributed by atoms with Crippen LogP contribution in [0.4, 0.5) is 0 Å². The number of carbonyl (C=O) groups is 1. The maximum atomic E-state index is 12.2. The second-order valence-corrected chi connectivity index (χ2v) is 10.3. The van der Waals surface area contributed by atoms with Crippen molar-refractivity contribution in [3.8, 4) is 0 Å². The zero-order chi connectivity index (χ0) is 19.6. The average molecular weight is 392 g/mol. The fourth-order valence-corrected chi connectivity index (χ4v) is 5.00. The van der Waals surface area contributed by atoms with Gasteiger partial charge in [0.25, 0.3) is 0 Å². The van der Waals surface area contributed by atoms with Gasteiger partial charge < -0.3 is 0 Å². The van der Waals surface area contributed by atoms with Crippen molar-refractivity contribution in [3.05, 3.63) is 35.9 Å². The molecule has 0 saturated heterocycles. The van der Waals surface area contributed by atoms with Crippen molar-refractivity contribution < 1.29 is 4.79 Å². The Morgan fingerprint density at radius 1 is 0.704 bits per heavy atom. The number of hydrogen-bond acceptors (Lipinski definition) is 1. The summed E-state index contributed by atoms with van der Waals surface area (Å²) >= 11 is 0. The van der Waals surface area contributed by atoms with Gasteiger partial charge in [-0.15, -0.1) is 0 Å². The summed E-state index contributed by atoms with van der Waals surface area (Å²) in [5.41, 5.74) is 0.873. The molecule has 1 unspecified atom stereocenters. The minimum Gasteiger partial charge on any atom is -0.289 e. The normalized spacial score (nSPS) is 12.2. The molecule has 1 aromatic carbocycles. The van der Waals surface area contributed by atoms with E-state index < -0.39 is 0 Å². The summed E-state index contributed by atoms with van der Waals surface area (Å²) in [7, 11) is 0.234. The molecule has 0 radical (unpaired) electrons. The van der Waals surface area contributed by atoms with Crippen LogP contribution in [-0.2, 0) is 10.9 Å². The van der Waals surface area contributed by atoms with Crippen LogP contribution in [0, 0.1) is 0 Å². The molecule has 2 heteroatoms. The summed E-state index contributed by atoms with van der Waals surface area (Å²) in [6, 6.07) is 9.75. The zero-order valence-corrected chi connectivity index (χ0v) is 18.8. The summed E-state index contributed by atoms with van der Waals surface area (Å²) < 4.78 is 0. The highest BCUT2D eigenvalue weighted by atomic mass is 32.2. The van der Waals surface area contributed by atoms with Gasteiger partial charge in [0.05, 0.1) is 6.26 Å². The Balaban J connectivity index is 1.85. The van der Waals surface area contributed by atoms with Crippen LogP contribution in [-0.4, -0.2) is 23.5 Å². The van der Waals surface area contributed by atoms with Crippen molar-refractivity contribution in [2.75, 3.05) is 17.8 Å². The molecule has 0 fully saturated rings. The van der Waals surface area contributed by atoms with E-state index in [9.17, 15) is 4.79 Å². The third-order valence-electron chi connectivity index (χ3n) is 5.32. The molecule has 1 rings (SSSR count). The van der Waals surface area contributed by atoms with Crippen LogP contribution in [0.2, 0.25) is 0 Å². The van der Waals surface area contributed by atoms with Crippen molar-refractivity contribution in [1.29, 1.82) is 0 Å². The van der Waals surface area contributed by atoms with E-state index in [1.165, 1.54) is 95.6 Å². The molecule has 0 saturated carbocycles. The maximum absolute atomic E-state index is 12.2. The highest BCUT2D eigenvalue weighted by Crippen LogP contribution is 2.13. The molecule has 0 spiro atoms. The Hall–Kier alpha value is -0.760. The molecule has 0 bridgehead atoms. The molecule has 0 aliphatic carbocycles. The summed E-state index contributed by atoms with van der Waals surface area (Å²) in [5.74, 6) is 2.26. The minimum atomic E-state index is 0.234. The monoisotopic (exact) mass is 391 g/mol. The summed E-state index contributed by atoms with van der Waals surface area (Å²) in [4.78, 5) is 12.2. The fourth-order valence-electron chi connectivity index (χ4n) is 3.55. The van der Waals surface area contributed by atoms with Gasteiger partial charge in [-0.3, -0.25) is 4.79 Å². The summed E-state index contributed by atoms with van der Waals surface area (Å²) in [6.45, 7) is 2.29. The highest BCUT2D eigenvalue weighted by Gasteiger charge is 2.17. The van der Waals surface area contributed by atoms with E-state index in [0.717, 1.165) is 11.3 Å². The number of ketones is 1. The van der Waals surface area contributed by atoms with Gasteiger partial charge in [-0.25, -0.2) is 0 Å². The lowest BCUT2D eigenvalue weighted by atomic mass is 10.0. The largest absolute Gasteiger partial charge is 0.289 e. The number of Topliss-reactive ketones (excluding diaryl/α,β-unsaturated/α-hetero) is 1. The van der Waals surface area contributed by atoms with Gasteiger partial charge in [0.2, 0.25) is 5.78 Å². The molecule has 1 nitrogen and oxygen atoms in total. The van der Waals surface area contributed by atoms with Crippen LogP contribution < -0.4 is 0 Å². The Morgan fingerprint density at radius 3 is 1.63 bits per heavy atom. The molecule has 1 atom stereocenters. The highest BCUT2D eigenvalue weighted by molar-refractivity contribution is 7.96. The molecule has 0 amide bonds. The lowest BCUT2D eigenvalue weighted by Crippen LogP contribution is -2.18. The zero-order valence-electron chi connectivity index (χ0n) is 18.0. The van der Waals surface area contributed by atoms with E-state index >= 15 is 0 Å². The van der Waals surface area contributed by atoms with Crippen LogP contribution >= 0.6 is 0 Å². The van der Waals surface area contributed by atoms with Gasteiger partial charge >= 0.3 is 0 Å². The van der Waals surface area contributed by atoms with Gasteiger partial charge in [-0.05, 0) is 23.7 Å². The molecule has 154 valence electrons. The number of benzene rings is 1. The van der Waals surface area contributed by atoms with E-state index in [4.69, 9.17) is 0 Å². The van der Waals surface area contributed by atoms with Crippen molar-refractivity contribution in [2.24, 2.45) is 0 Å². The van der Waals surface area contributed by atoms with E-state index in [2.05, 4.69) is 13.2 Å². The topological polar surface area (TPSA) is 17.1 Å². The predicted octanol–water partition coefficient (Wildman–Crippen LogP) is 7.60. The number of hydrogen-bond donors (Lipinski definition) is 0. The summed E-state index contributed by atoms with van der Waals surface area (Å²) in [5, 5.41) is 0. The van der Waals surface area contributed by atoms with Crippen LogP contribution in [0.5, 0.6) is 0 Å². The summed E-state index contributed by atoms with van der Waals surface area (Å²) in [6.07, 6.45) is 21.9. The minimum absolute atomic E-state index is 0.234. The standard InChI is InChI=1S/C25H43OS/c1-3-4-5-6-7-8-9-10-11-12-13-14-15-19-22-27(2)23-25(26)24-20-17-16-18-21-24/h16-18,20-21H,3-15,19,22-23H2,1-2H3/q+1. The SMILES string of the molecule is CCCCCCCCCCCCCCCC[S+](C)CC(=O)c1ccccc1. The molecule has 27 heavy (non-hydrogen) atoms. The van der Waals surface area contributed by atoms with Crippen LogP contribution in [0.3, 0.4) is 0 Å². The third-order valence-corrected chi connectivity index (χ3v) is 7.06. The van der Waals surface area contributed by atoms with E-state index in [1.54, 1.807) is 0 Å². The lowest BCUT2D eigenvalue weighted by molar-refractivity contribution is 0.102. The smallest absolute Gasteiger partial charge is 0.211 e. The van der Waals surface area contributed by atoms with Gasteiger partial charge in [0.15, 0.2) is 5.75 Å². The van der Waals surface area contributed by atoms with Crippen LogP contribution in [0.15, 0.2) is 30.3 Å². The molecular formula is C25H43OS+. The van der Waals surface area contributed by atoms with Crippen LogP contribution in [0.25, 0.3) is 0 Å². The van der Waals surface area contributed by atoms with Gasteiger partial charge in [-0.1, -0.05) is 114 Å². The van der Waals surface area contributed by atoms with Gasteiger partial charge in [0, 0.05) is 5.56 Å². The number of rotatable bonds is 18. The molecule has 0 aliphatic heterocycles. The molecule has 0 heterocycles. The first kappa shape index (κ1) is 24.3. The van der Waals surface area contributed by atoms with Crippen molar-refractivity contribution in [3.63, 3.8) is 0 Å². The second-order valence-electron chi connectivity index (χ2n) is 8.02. The van der Waals surface area contributed by atoms with E-state index in [1.807, 2.05) is 30.3 Å². The van der Waals surface area contributed by atoms with Gasteiger partial charge in [0.1, 0.15) is 5.75 Å². The van der Waals surface area contributed by atoms with Crippen molar-refractivity contribution >= 4 is 16.7 Å². The lowest BCUT2D eigenvalue weighted by Gasteiger charge is -2.05. The first-order chi connectivity index (χ1) is 13.2. The Labute approximate surface area is 172 Å². The van der Waals surface area contributed by atoms with Gasteiger partial charge in [-0.2, -0.15) is 0 Å². The molecule has 0 N–H and O–H groups in total. The Bertz CT molecular complexity index is 457. The average Bonchev–Trinajstić information content (AvgIpc) is 2.69. The fraction of sp³-hybridized carbons (Fsp3) is 0.720. The van der Waals surface area contributed by atoms with Crippen molar-refractivity contribution in [2.45, 2.75) is 96.8 Å². The molecule has 0 aliphatic rings. The first-order valence-electron chi connectivity index (χ1n) is 11.4. The van der Waals surface area contributed by atoms with Crippen LogP contribution in [0.1, 0.15) is 107 Å².